The van der Waals surface area contributed by atoms with Crippen LogP contribution in [0.5, 0.6) is 0 Å². The van der Waals surface area contributed by atoms with Gasteiger partial charge in [-0.05, 0) is 44.9 Å². The van der Waals surface area contributed by atoms with Gasteiger partial charge >= 0.3 is 6.03 Å². The molecular weight excluding hydrogens is 294 g/mol. The van der Waals surface area contributed by atoms with Gasteiger partial charge in [-0.2, -0.15) is 0 Å². The van der Waals surface area contributed by atoms with Gasteiger partial charge < -0.3 is 19.7 Å². The average molecular weight is 315 g/mol. The second-order valence-corrected chi connectivity index (χ2v) is 6.42. The van der Waals surface area contributed by atoms with Crippen molar-refractivity contribution in [2.75, 3.05) is 18.4 Å². The van der Waals surface area contributed by atoms with Gasteiger partial charge in [0.1, 0.15) is 6.26 Å². The number of aryl methyl sites for hydroxylation is 2. The van der Waals surface area contributed by atoms with Gasteiger partial charge in [0.2, 0.25) is 5.89 Å². The van der Waals surface area contributed by atoms with Crippen molar-refractivity contribution in [1.29, 1.82) is 0 Å². The van der Waals surface area contributed by atoms with E-state index in [1.807, 2.05) is 32.0 Å². The third-order valence-corrected chi connectivity index (χ3v) is 4.08. The van der Waals surface area contributed by atoms with Gasteiger partial charge in [-0.15, -0.1) is 0 Å². The third-order valence-electron chi connectivity index (χ3n) is 4.08. The van der Waals surface area contributed by atoms with E-state index in [9.17, 15) is 9.90 Å². The largest absolute Gasteiger partial charge is 0.444 e. The summed E-state index contributed by atoms with van der Waals surface area (Å²) in [4.78, 5) is 18.3. The Hall–Kier alpha value is -2.34. The summed E-state index contributed by atoms with van der Waals surface area (Å²) in [6, 6.07) is 5.42. The molecule has 0 unspecified atom stereocenters. The first-order valence-electron chi connectivity index (χ1n) is 7.65. The lowest BCUT2D eigenvalue weighted by Crippen LogP contribution is -2.36. The third kappa shape index (κ3) is 3.37. The fourth-order valence-corrected chi connectivity index (χ4v) is 2.73. The zero-order valence-corrected chi connectivity index (χ0v) is 13.6. The van der Waals surface area contributed by atoms with Crippen LogP contribution >= 0.6 is 0 Å². The maximum atomic E-state index is 12.3. The van der Waals surface area contributed by atoms with E-state index in [1.54, 1.807) is 18.1 Å². The maximum Gasteiger partial charge on any atom is 0.321 e. The average Bonchev–Trinajstić information content (AvgIpc) is 3.06. The Balaban J connectivity index is 1.78. The normalized spacial score (nSPS) is 20.8. The Morgan fingerprint density at radius 2 is 2.22 bits per heavy atom. The van der Waals surface area contributed by atoms with Gasteiger partial charge in [0, 0.05) is 17.8 Å². The van der Waals surface area contributed by atoms with Crippen LogP contribution in [-0.2, 0) is 0 Å². The highest BCUT2D eigenvalue weighted by molar-refractivity contribution is 5.90. The van der Waals surface area contributed by atoms with Gasteiger partial charge in [-0.3, -0.25) is 0 Å². The molecule has 1 saturated heterocycles. The van der Waals surface area contributed by atoms with Crippen molar-refractivity contribution in [3.8, 4) is 11.5 Å². The van der Waals surface area contributed by atoms with Crippen molar-refractivity contribution in [3.05, 3.63) is 35.7 Å². The van der Waals surface area contributed by atoms with E-state index in [1.165, 1.54) is 0 Å². The Labute approximate surface area is 135 Å². The zero-order valence-electron chi connectivity index (χ0n) is 13.6. The molecule has 0 spiro atoms. The summed E-state index contributed by atoms with van der Waals surface area (Å²) in [5, 5.41) is 12.8. The van der Waals surface area contributed by atoms with E-state index in [0.717, 1.165) is 16.8 Å². The number of oxazole rings is 1. The molecule has 23 heavy (non-hydrogen) atoms. The Kier molecular flexibility index (Phi) is 3.85. The first-order chi connectivity index (χ1) is 10.8. The molecule has 3 rings (SSSR count). The van der Waals surface area contributed by atoms with Crippen LogP contribution in [0.3, 0.4) is 0 Å². The molecule has 0 bridgehead atoms. The molecule has 122 valence electrons. The number of hydrogen-bond acceptors (Lipinski definition) is 4. The smallest absolute Gasteiger partial charge is 0.321 e. The van der Waals surface area contributed by atoms with Gasteiger partial charge in [0.25, 0.3) is 0 Å². The quantitative estimate of drug-likeness (QED) is 0.893. The summed E-state index contributed by atoms with van der Waals surface area (Å²) in [5.41, 5.74) is 2.56. The summed E-state index contributed by atoms with van der Waals surface area (Å²) in [7, 11) is 0. The Bertz CT molecular complexity index is 736. The number of aromatic nitrogens is 1. The number of carbonyl (C=O) groups excluding carboxylic acids is 1. The monoisotopic (exact) mass is 315 g/mol. The fraction of sp³-hybridized carbons (Fsp3) is 0.412. The predicted octanol–water partition coefficient (Wildman–Crippen LogP) is 2.95. The number of carbonyl (C=O) groups is 1. The van der Waals surface area contributed by atoms with Crippen LogP contribution in [0.1, 0.15) is 24.6 Å². The molecule has 6 heteroatoms. The molecule has 1 aliphatic heterocycles. The van der Waals surface area contributed by atoms with Crippen LogP contribution in [0.4, 0.5) is 10.5 Å². The Morgan fingerprint density at radius 1 is 1.43 bits per heavy atom. The number of rotatable bonds is 2. The summed E-state index contributed by atoms with van der Waals surface area (Å²) in [6.07, 6.45) is 2.20. The highest BCUT2D eigenvalue weighted by Crippen LogP contribution is 2.27. The number of nitrogens with one attached hydrogen (secondary N) is 1. The molecule has 1 aliphatic rings. The Morgan fingerprint density at radius 3 is 2.83 bits per heavy atom. The van der Waals surface area contributed by atoms with Gasteiger partial charge in [0.15, 0.2) is 0 Å². The summed E-state index contributed by atoms with van der Waals surface area (Å²) >= 11 is 0. The number of benzene rings is 1. The molecule has 1 fully saturated rings. The van der Waals surface area contributed by atoms with Crippen LogP contribution in [-0.4, -0.2) is 39.7 Å². The lowest BCUT2D eigenvalue weighted by Gasteiger charge is -2.19. The lowest BCUT2D eigenvalue weighted by molar-refractivity contribution is 0.0727. The van der Waals surface area contributed by atoms with Gasteiger partial charge in [0.05, 0.1) is 17.8 Å². The van der Waals surface area contributed by atoms with Crippen LogP contribution in [0.25, 0.3) is 11.5 Å². The summed E-state index contributed by atoms with van der Waals surface area (Å²) in [6.45, 7) is 6.48. The first-order valence-corrected chi connectivity index (χ1v) is 7.65. The number of amides is 2. The number of hydrogen-bond donors (Lipinski definition) is 2. The lowest BCUT2D eigenvalue weighted by atomic mass is 10.1. The molecule has 2 amide bonds. The molecule has 2 heterocycles. The first kappa shape index (κ1) is 15.6. The van der Waals surface area contributed by atoms with E-state index in [0.29, 0.717) is 31.1 Å². The highest BCUT2D eigenvalue weighted by atomic mass is 16.3. The zero-order chi connectivity index (χ0) is 16.6. The summed E-state index contributed by atoms with van der Waals surface area (Å²) < 4.78 is 5.45. The molecule has 0 aliphatic carbocycles. The molecule has 0 radical (unpaired) electrons. The van der Waals surface area contributed by atoms with E-state index < -0.39 is 5.60 Å². The van der Waals surface area contributed by atoms with E-state index in [2.05, 4.69) is 10.3 Å². The standard InChI is InChI=1S/C17H21N3O3/c1-11-4-5-13(8-14(11)15-18-12(2)9-23-15)19-16(21)20-7-6-17(3,22)10-20/h4-5,8-9,22H,6-7,10H2,1-3H3,(H,19,21)/t17-/m1/s1. The van der Waals surface area contributed by atoms with Crippen LogP contribution in [0.2, 0.25) is 0 Å². The highest BCUT2D eigenvalue weighted by Gasteiger charge is 2.34. The van der Waals surface area contributed by atoms with E-state index >= 15 is 0 Å². The van der Waals surface area contributed by atoms with Crippen molar-refractivity contribution in [1.82, 2.24) is 9.88 Å². The maximum absolute atomic E-state index is 12.3. The van der Waals surface area contributed by atoms with Crippen molar-refractivity contribution in [2.24, 2.45) is 0 Å². The topological polar surface area (TPSA) is 78.6 Å². The van der Waals surface area contributed by atoms with Gasteiger partial charge in [-0.25, -0.2) is 9.78 Å². The number of likely N-dealkylation sites (tertiary alicyclic amines) is 1. The van der Waals surface area contributed by atoms with Gasteiger partial charge in [-0.1, -0.05) is 6.07 Å². The molecular formula is C17H21N3O3. The van der Waals surface area contributed by atoms with E-state index in [-0.39, 0.29) is 6.03 Å². The molecule has 0 saturated carbocycles. The minimum atomic E-state index is -0.800. The molecule has 2 N–H and O–H groups in total. The van der Waals surface area contributed by atoms with Crippen molar-refractivity contribution >= 4 is 11.7 Å². The number of anilines is 1. The minimum Gasteiger partial charge on any atom is -0.444 e. The molecule has 1 aromatic carbocycles. The van der Waals surface area contributed by atoms with Crippen molar-refractivity contribution < 1.29 is 14.3 Å². The number of nitrogens with zero attached hydrogens (tertiary/aromatic N) is 2. The van der Waals surface area contributed by atoms with Crippen molar-refractivity contribution in [3.63, 3.8) is 0 Å². The summed E-state index contributed by atoms with van der Waals surface area (Å²) in [5.74, 6) is 0.542. The van der Waals surface area contributed by atoms with E-state index in [4.69, 9.17) is 4.42 Å². The molecule has 2 aromatic rings. The number of urea groups is 1. The SMILES string of the molecule is Cc1coc(-c2cc(NC(=O)N3CC[C@@](C)(O)C3)ccc2C)n1. The second kappa shape index (κ2) is 5.70. The van der Waals surface area contributed by atoms with Crippen LogP contribution < -0.4 is 5.32 Å². The van der Waals surface area contributed by atoms with Crippen LogP contribution in [0.15, 0.2) is 28.9 Å². The van der Waals surface area contributed by atoms with Crippen LogP contribution in [0, 0.1) is 13.8 Å². The molecule has 6 nitrogen and oxygen atoms in total. The molecule has 1 aromatic heterocycles. The molecule has 1 atom stereocenters. The van der Waals surface area contributed by atoms with Crippen molar-refractivity contribution in [2.45, 2.75) is 32.8 Å². The fourth-order valence-electron chi connectivity index (χ4n) is 2.73. The number of β-amino-alcohol motifs (C(OH)–C–C–N with tert-alkyl or cyclic N) is 1. The predicted molar refractivity (Wildman–Crippen MR) is 87.2 cm³/mol. The number of aliphatic hydroxyl groups is 1. The minimum absolute atomic E-state index is 0.207. The second-order valence-electron chi connectivity index (χ2n) is 6.42.